The van der Waals surface area contributed by atoms with Crippen molar-refractivity contribution in [3.05, 3.63) is 57.1 Å². The van der Waals surface area contributed by atoms with Crippen LogP contribution in [-0.4, -0.2) is 53.8 Å². The van der Waals surface area contributed by atoms with Gasteiger partial charge < -0.3 is 4.90 Å². The number of aryl methyl sites for hydroxylation is 1. The Kier molecular flexibility index (Phi) is 5.33. The first-order valence-corrected chi connectivity index (χ1v) is 10.6. The first-order valence-electron chi connectivity index (χ1n) is 8.93. The molecule has 0 radical (unpaired) electrons. The van der Waals surface area contributed by atoms with Gasteiger partial charge in [-0.25, -0.2) is 0 Å². The minimum atomic E-state index is -0.181. The van der Waals surface area contributed by atoms with E-state index >= 15 is 0 Å². The van der Waals surface area contributed by atoms with Crippen molar-refractivity contribution in [1.29, 1.82) is 0 Å². The molecular weight excluding hydrogens is 378 g/mol. The molecule has 1 aromatic heterocycles. The zero-order chi connectivity index (χ0) is 18.8. The van der Waals surface area contributed by atoms with Crippen LogP contribution in [0.3, 0.4) is 0 Å². The number of thioether (sulfide) groups is 1. The van der Waals surface area contributed by atoms with Crippen molar-refractivity contribution < 1.29 is 9.59 Å². The highest BCUT2D eigenvalue weighted by Gasteiger charge is 2.36. The molecule has 0 atom stereocenters. The van der Waals surface area contributed by atoms with Crippen LogP contribution in [0.4, 0.5) is 10.5 Å². The fourth-order valence-electron chi connectivity index (χ4n) is 3.37. The highest BCUT2D eigenvalue weighted by atomic mass is 32.2. The largest absolute Gasteiger partial charge is 0.369 e. The van der Waals surface area contributed by atoms with E-state index in [1.165, 1.54) is 16.2 Å². The first kappa shape index (κ1) is 18.3. The smallest absolute Gasteiger partial charge is 0.294 e. The van der Waals surface area contributed by atoms with Crippen LogP contribution >= 0.6 is 23.1 Å². The summed E-state index contributed by atoms with van der Waals surface area (Å²) < 4.78 is 0. The maximum Gasteiger partial charge on any atom is 0.294 e. The SMILES string of the molecule is Cc1ccccc1N1CCN(CN2C(=O)S/C(=C\c3cccs3)C2=O)CC1. The van der Waals surface area contributed by atoms with Gasteiger partial charge in [0.25, 0.3) is 11.1 Å². The average molecular weight is 400 g/mol. The Morgan fingerprint density at radius 3 is 2.52 bits per heavy atom. The molecular formula is C20H21N3O2S2. The van der Waals surface area contributed by atoms with Crippen LogP contribution in [0, 0.1) is 6.92 Å². The minimum absolute atomic E-state index is 0.177. The van der Waals surface area contributed by atoms with E-state index in [2.05, 4.69) is 41.0 Å². The summed E-state index contributed by atoms with van der Waals surface area (Å²) in [5.74, 6) is -0.181. The van der Waals surface area contributed by atoms with Gasteiger partial charge in [-0.3, -0.25) is 19.4 Å². The van der Waals surface area contributed by atoms with Crippen molar-refractivity contribution in [2.24, 2.45) is 0 Å². The lowest BCUT2D eigenvalue weighted by atomic mass is 10.1. The van der Waals surface area contributed by atoms with Crippen LogP contribution < -0.4 is 4.90 Å². The molecule has 5 nitrogen and oxygen atoms in total. The molecule has 3 heterocycles. The molecule has 27 heavy (non-hydrogen) atoms. The number of benzene rings is 1. The van der Waals surface area contributed by atoms with Crippen LogP contribution in [0.2, 0.25) is 0 Å². The number of piperazine rings is 1. The van der Waals surface area contributed by atoms with Gasteiger partial charge in [0.15, 0.2) is 0 Å². The Hall–Kier alpha value is -2.09. The molecule has 0 spiro atoms. The van der Waals surface area contributed by atoms with Crippen molar-refractivity contribution in [3.8, 4) is 0 Å². The predicted octanol–water partition coefficient (Wildman–Crippen LogP) is 3.87. The van der Waals surface area contributed by atoms with Crippen LogP contribution in [0.5, 0.6) is 0 Å². The van der Waals surface area contributed by atoms with E-state index in [1.54, 1.807) is 11.3 Å². The lowest BCUT2D eigenvalue weighted by Gasteiger charge is -2.37. The van der Waals surface area contributed by atoms with Gasteiger partial charge in [-0.2, -0.15) is 0 Å². The molecule has 0 saturated carbocycles. The second-order valence-electron chi connectivity index (χ2n) is 6.66. The number of thiophene rings is 1. The molecule has 0 aliphatic carbocycles. The third kappa shape index (κ3) is 3.95. The molecule has 1 aromatic carbocycles. The summed E-state index contributed by atoms with van der Waals surface area (Å²) in [5.41, 5.74) is 2.54. The number of para-hydroxylation sites is 1. The fraction of sp³-hybridized carbons (Fsp3) is 0.300. The molecule has 2 saturated heterocycles. The monoisotopic (exact) mass is 399 g/mol. The second kappa shape index (κ2) is 7.88. The summed E-state index contributed by atoms with van der Waals surface area (Å²) in [4.78, 5) is 32.4. The van der Waals surface area contributed by atoms with Gasteiger partial charge in [0.1, 0.15) is 0 Å². The topological polar surface area (TPSA) is 43.9 Å². The summed E-state index contributed by atoms with van der Waals surface area (Å²) in [6.45, 7) is 5.95. The number of carbonyl (C=O) groups is 2. The Morgan fingerprint density at radius 2 is 1.81 bits per heavy atom. The first-order chi connectivity index (χ1) is 13.1. The summed E-state index contributed by atoms with van der Waals surface area (Å²) >= 11 is 2.60. The van der Waals surface area contributed by atoms with Crippen molar-refractivity contribution in [3.63, 3.8) is 0 Å². The molecule has 2 aliphatic heterocycles. The molecule has 7 heteroatoms. The predicted molar refractivity (Wildman–Crippen MR) is 112 cm³/mol. The maximum absolute atomic E-state index is 12.6. The van der Waals surface area contributed by atoms with Gasteiger partial charge in [-0.1, -0.05) is 24.3 Å². The average Bonchev–Trinajstić information content (AvgIpc) is 3.27. The molecule has 2 aliphatic rings. The Labute approximate surface area is 167 Å². The normalized spacial score (nSPS) is 20.1. The van der Waals surface area contributed by atoms with Crippen molar-refractivity contribution >= 4 is 46.0 Å². The van der Waals surface area contributed by atoms with Gasteiger partial charge >= 0.3 is 0 Å². The highest BCUT2D eigenvalue weighted by molar-refractivity contribution is 8.18. The lowest BCUT2D eigenvalue weighted by molar-refractivity contribution is -0.124. The van der Waals surface area contributed by atoms with E-state index < -0.39 is 0 Å². The number of imide groups is 1. The van der Waals surface area contributed by atoms with E-state index in [4.69, 9.17) is 0 Å². The molecule has 0 N–H and O–H groups in total. The maximum atomic E-state index is 12.6. The third-order valence-corrected chi connectivity index (χ3v) is 6.59. The molecule has 2 amide bonds. The van der Waals surface area contributed by atoms with Crippen molar-refractivity contribution in [1.82, 2.24) is 9.80 Å². The van der Waals surface area contributed by atoms with Crippen LogP contribution in [0.15, 0.2) is 46.7 Å². The Bertz CT molecular complexity index is 871. The van der Waals surface area contributed by atoms with E-state index in [-0.39, 0.29) is 11.1 Å². The van der Waals surface area contributed by atoms with Gasteiger partial charge in [-0.05, 0) is 47.8 Å². The van der Waals surface area contributed by atoms with Crippen LogP contribution in [0.25, 0.3) is 6.08 Å². The Balaban J connectivity index is 1.37. The van der Waals surface area contributed by atoms with Crippen molar-refractivity contribution in [2.45, 2.75) is 6.92 Å². The molecule has 140 valence electrons. The molecule has 2 fully saturated rings. The summed E-state index contributed by atoms with van der Waals surface area (Å²) in [7, 11) is 0. The number of rotatable bonds is 4. The number of hydrogen-bond acceptors (Lipinski definition) is 6. The quantitative estimate of drug-likeness (QED) is 0.730. The fourth-order valence-corrected chi connectivity index (χ4v) is 4.93. The van der Waals surface area contributed by atoms with Crippen LogP contribution in [0.1, 0.15) is 10.4 Å². The molecule has 4 rings (SSSR count). The number of amides is 2. The van der Waals surface area contributed by atoms with Gasteiger partial charge in [0.05, 0.1) is 11.6 Å². The van der Waals surface area contributed by atoms with Crippen molar-refractivity contribution in [2.75, 3.05) is 37.7 Å². The Morgan fingerprint density at radius 1 is 1.04 bits per heavy atom. The molecule has 2 aromatic rings. The standard InChI is InChI=1S/C20H21N3O2S2/c1-15-5-2-3-7-17(15)22-10-8-21(9-11-22)14-23-19(24)18(27-20(23)25)13-16-6-4-12-26-16/h2-7,12-13H,8-11,14H2,1H3/b18-13-. The summed E-state index contributed by atoms with van der Waals surface area (Å²) in [6.07, 6.45) is 1.81. The van der Waals surface area contributed by atoms with Gasteiger partial charge in [-0.15, -0.1) is 11.3 Å². The summed E-state index contributed by atoms with van der Waals surface area (Å²) in [6, 6.07) is 12.3. The van der Waals surface area contributed by atoms with Crippen LogP contribution in [-0.2, 0) is 4.79 Å². The van der Waals surface area contributed by atoms with Gasteiger partial charge in [0, 0.05) is 36.7 Å². The number of anilines is 1. The summed E-state index contributed by atoms with van der Waals surface area (Å²) in [5, 5.41) is 1.79. The van der Waals surface area contributed by atoms with E-state index in [0.717, 1.165) is 42.8 Å². The van der Waals surface area contributed by atoms with E-state index in [9.17, 15) is 9.59 Å². The molecule has 0 bridgehead atoms. The highest BCUT2D eigenvalue weighted by Crippen LogP contribution is 2.33. The second-order valence-corrected chi connectivity index (χ2v) is 8.63. The zero-order valence-electron chi connectivity index (χ0n) is 15.1. The lowest BCUT2D eigenvalue weighted by Crippen LogP contribution is -2.51. The number of hydrogen-bond donors (Lipinski definition) is 0. The van der Waals surface area contributed by atoms with E-state index in [0.29, 0.717) is 11.6 Å². The number of carbonyl (C=O) groups excluding carboxylic acids is 2. The van der Waals surface area contributed by atoms with Gasteiger partial charge in [0.2, 0.25) is 0 Å². The van der Waals surface area contributed by atoms with E-state index in [1.807, 2.05) is 23.6 Å². The molecule has 0 unspecified atom stereocenters. The third-order valence-electron chi connectivity index (χ3n) is 4.86. The minimum Gasteiger partial charge on any atom is -0.369 e. The zero-order valence-corrected chi connectivity index (χ0v) is 16.8. The number of nitrogens with zero attached hydrogens (tertiary/aromatic N) is 3.